The third kappa shape index (κ3) is 4.08. The van der Waals surface area contributed by atoms with E-state index >= 15 is 0 Å². The highest BCUT2D eigenvalue weighted by Gasteiger charge is 2.03. The summed E-state index contributed by atoms with van der Waals surface area (Å²) in [6.45, 7) is 8.87. The third-order valence-electron chi connectivity index (χ3n) is 2.91. The first-order valence-electron chi connectivity index (χ1n) is 6.46. The first kappa shape index (κ1) is 15.7. The predicted molar refractivity (Wildman–Crippen MR) is 78.3 cm³/mol. The average molecular weight is 284 g/mol. The molecule has 0 amide bonds. The molecule has 19 heavy (non-hydrogen) atoms. The smallest absolute Gasteiger partial charge is 0.0762 e. The number of rotatable bonds is 6. The maximum atomic E-state index is 4.50. The fraction of sp³-hybridized carbons (Fsp3) is 0.538. The standard InChI is InChI=1S/C13H21N5.ClH/c1-4-17-13(5-7-15-17)10-14-9-12-6-8-18(16-12)11(2)3;/h5-8,11,14H,4,9-10H2,1-3H3;1H. The molecule has 0 aromatic carbocycles. The van der Waals surface area contributed by atoms with E-state index in [4.69, 9.17) is 0 Å². The highest BCUT2D eigenvalue weighted by molar-refractivity contribution is 5.85. The second-order valence-electron chi connectivity index (χ2n) is 4.62. The minimum absolute atomic E-state index is 0. The van der Waals surface area contributed by atoms with Gasteiger partial charge in [-0.1, -0.05) is 0 Å². The molecule has 0 radical (unpaired) electrons. The maximum absolute atomic E-state index is 4.50. The Kier molecular flexibility index (Phi) is 6.05. The van der Waals surface area contributed by atoms with Crippen LogP contribution in [-0.2, 0) is 19.6 Å². The molecule has 1 N–H and O–H groups in total. The molecule has 0 saturated heterocycles. The lowest BCUT2D eigenvalue weighted by Gasteiger charge is -2.06. The Bertz CT molecular complexity index is 489. The molecule has 0 fully saturated rings. The largest absolute Gasteiger partial charge is 0.305 e. The number of hydrogen-bond donors (Lipinski definition) is 1. The van der Waals surface area contributed by atoms with Gasteiger partial charge in [0.05, 0.1) is 11.4 Å². The van der Waals surface area contributed by atoms with Crippen LogP contribution >= 0.6 is 12.4 Å². The van der Waals surface area contributed by atoms with Crippen LogP contribution in [0, 0.1) is 0 Å². The quantitative estimate of drug-likeness (QED) is 0.885. The summed E-state index contributed by atoms with van der Waals surface area (Å²) in [6, 6.07) is 4.52. The Morgan fingerprint density at radius 2 is 2.05 bits per heavy atom. The molecular formula is C13H22ClN5. The van der Waals surface area contributed by atoms with Crippen molar-refractivity contribution in [3.63, 3.8) is 0 Å². The monoisotopic (exact) mass is 283 g/mol. The lowest BCUT2D eigenvalue weighted by Crippen LogP contribution is -2.16. The van der Waals surface area contributed by atoms with E-state index in [2.05, 4.69) is 42.4 Å². The van der Waals surface area contributed by atoms with Crippen LogP contribution in [-0.4, -0.2) is 19.6 Å². The van der Waals surface area contributed by atoms with E-state index in [0.29, 0.717) is 6.04 Å². The molecule has 0 spiro atoms. The highest BCUT2D eigenvalue weighted by Crippen LogP contribution is 2.04. The van der Waals surface area contributed by atoms with E-state index in [9.17, 15) is 0 Å². The molecule has 2 aromatic heterocycles. The van der Waals surface area contributed by atoms with Gasteiger partial charge in [-0.25, -0.2) is 0 Å². The van der Waals surface area contributed by atoms with Crippen molar-refractivity contribution in [2.75, 3.05) is 0 Å². The molecule has 0 aliphatic heterocycles. The van der Waals surface area contributed by atoms with E-state index < -0.39 is 0 Å². The lowest BCUT2D eigenvalue weighted by atomic mass is 10.4. The SMILES string of the molecule is CCn1nccc1CNCc1ccn(C(C)C)n1.Cl. The summed E-state index contributed by atoms with van der Waals surface area (Å²) in [5.74, 6) is 0. The van der Waals surface area contributed by atoms with Crippen LogP contribution in [0.1, 0.15) is 38.2 Å². The molecule has 2 heterocycles. The Balaban J connectivity index is 0.00000180. The number of nitrogens with zero attached hydrogens (tertiary/aromatic N) is 4. The molecule has 106 valence electrons. The number of nitrogens with one attached hydrogen (secondary N) is 1. The number of hydrogen-bond acceptors (Lipinski definition) is 3. The van der Waals surface area contributed by atoms with Crippen molar-refractivity contribution in [1.82, 2.24) is 24.9 Å². The summed E-state index contributed by atoms with van der Waals surface area (Å²) in [5.41, 5.74) is 2.28. The second-order valence-corrected chi connectivity index (χ2v) is 4.62. The molecule has 0 bridgehead atoms. The summed E-state index contributed by atoms with van der Waals surface area (Å²) in [7, 11) is 0. The zero-order valence-corrected chi connectivity index (χ0v) is 12.5. The normalized spacial score (nSPS) is 10.7. The topological polar surface area (TPSA) is 47.7 Å². The number of halogens is 1. The van der Waals surface area contributed by atoms with Gasteiger partial charge in [0.25, 0.3) is 0 Å². The summed E-state index contributed by atoms with van der Waals surface area (Å²) >= 11 is 0. The Morgan fingerprint density at radius 3 is 2.68 bits per heavy atom. The van der Waals surface area contributed by atoms with Gasteiger partial charge < -0.3 is 5.32 Å². The average Bonchev–Trinajstić information content (AvgIpc) is 2.97. The van der Waals surface area contributed by atoms with E-state index in [1.807, 2.05) is 27.8 Å². The first-order chi connectivity index (χ1) is 8.70. The zero-order valence-electron chi connectivity index (χ0n) is 11.7. The molecule has 2 rings (SSSR count). The van der Waals surface area contributed by atoms with Gasteiger partial charge in [-0.3, -0.25) is 9.36 Å². The van der Waals surface area contributed by atoms with Gasteiger partial charge in [-0.05, 0) is 32.9 Å². The summed E-state index contributed by atoms with van der Waals surface area (Å²) in [6.07, 6.45) is 3.87. The molecule has 0 unspecified atom stereocenters. The molecule has 6 heteroatoms. The van der Waals surface area contributed by atoms with Crippen LogP contribution in [0.15, 0.2) is 24.5 Å². The van der Waals surface area contributed by atoms with Gasteiger partial charge in [-0.15, -0.1) is 12.4 Å². The van der Waals surface area contributed by atoms with Gasteiger partial charge in [-0.2, -0.15) is 10.2 Å². The van der Waals surface area contributed by atoms with E-state index in [0.717, 1.165) is 25.3 Å². The Hall–Kier alpha value is -1.33. The van der Waals surface area contributed by atoms with Crippen molar-refractivity contribution in [2.45, 2.75) is 46.4 Å². The van der Waals surface area contributed by atoms with Gasteiger partial charge in [0, 0.05) is 38.1 Å². The van der Waals surface area contributed by atoms with E-state index in [-0.39, 0.29) is 12.4 Å². The summed E-state index contributed by atoms with van der Waals surface area (Å²) in [4.78, 5) is 0. The molecule has 5 nitrogen and oxygen atoms in total. The Labute approximate surface area is 120 Å². The van der Waals surface area contributed by atoms with E-state index in [1.54, 1.807) is 0 Å². The van der Waals surface area contributed by atoms with Crippen LogP contribution in [0.25, 0.3) is 0 Å². The first-order valence-corrected chi connectivity index (χ1v) is 6.46. The van der Waals surface area contributed by atoms with Crippen LogP contribution in [0.5, 0.6) is 0 Å². The minimum atomic E-state index is 0. The minimum Gasteiger partial charge on any atom is -0.305 e. The van der Waals surface area contributed by atoms with Gasteiger partial charge in [0.1, 0.15) is 0 Å². The van der Waals surface area contributed by atoms with Crippen molar-refractivity contribution in [3.8, 4) is 0 Å². The Morgan fingerprint density at radius 1 is 1.26 bits per heavy atom. The third-order valence-corrected chi connectivity index (χ3v) is 2.91. The molecule has 2 aromatic rings. The van der Waals surface area contributed by atoms with Gasteiger partial charge >= 0.3 is 0 Å². The number of aryl methyl sites for hydroxylation is 1. The fourth-order valence-corrected chi connectivity index (χ4v) is 1.87. The van der Waals surface area contributed by atoms with Crippen molar-refractivity contribution in [2.24, 2.45) is 0 Å². The zero-order chi connectivity index (χ0) is 13.0. The maximum Gasteiger partial charge on any atom is 0.0762 e. The fourth-order valence-electron chi connectivity index (χ4n) is 1.87. The molecule has 0 atom stereocenters. The van der Waals surface area contributed by atoms with Gasteiger partial charge in [0.2, 0.25) is 0 Å². The highest BCUT2D eigenvalue weighted by atomic mass is 35.5. The van der Waals surface area contributed by atoms with Crippen molar-refractivity contribution in [3.05, 3.63) is 35.9 Å². The number of aromatic nitrogens is 4. The van der Waals surface area contributed by atoms with Crippen LogP contribution in [0.3, 0.4) is 0 Å². The molecular weight excluding hydrogens is 262 g/mol. The lowest BCUT2D eigenvalue weighted by molar-refractivity contribution is 0.519. The van der Waals surface area contributed by atoms with Crippen LogP contribution in [0.2, 0.25) is 0 Å². The van der Waals surface area contributed by atoms with E-state index in [1.165, 1.54) is 5.69 Å². The molecule has 0 saturated carbocycles. The van der Waals surface area contributed by atoms with Crippen LogP contribution < -0.4 is 5.32 Å². The van der Waals surface area contributed by atoms with Gasteiger partial charge in [0.15, 0.2) is 0 Å². The predicted octanol–water partition coefficient (Wildman–Crippen LogP) is 2.39. The molecule has 0 aliphatic carbocycles. The van der Waals surface area contributed by atoms with Crippen molar-refractivity contribution < 1.29 is 0 Å². The van der Waals surface area contributed by atoms with Crippen molar-refractivity contribution >= 4 is 12.4 Å². The van der Waals surface area contributed by atoms with Crippen molar-refractivity contribution in [1.29, 1.82) is 0 Å². The van der Waals surface area contributed by atoms with Crippen LogP contribution in [0.4, 0.5) is 0 Å². The second kappa shape index (κ2) is 7.31. The summed E-state index contributed by atoms with van der Waals surface area (Å²) < 4.78 is 3.98. The molecule has 0 aliphatic rings. The summed E-state index contributed by atoms with van der Waals surface area (Å²) in [5, 5.41) is 12.1.